The number of para-hydroxylation sites is 1. The number of aromatic nitrogens is 1. The second kappa shape index (κ2) is 13.8. The minimum atomic E-state index is -0.403. The van der Waals surface area contributed by atoms with E-state index in [0.717, 1.165) is 66.3 Å². The Labute approximate surface area is 334 Å². The lowest BCUT2D eigenvalue weighted by atomic mass is 9.90. The first-order chi connectivity index (χ1) is 28.5. The molecule has 0 fully saturated rings. The number of hydrogen-bond acceptors (Lipinski definition) is 3. The average Bonchev–Trinajstić information content (AvgIpc) is 3.76. The van der Waals surface area contributed by atoms with Crippen LogP contribution in [-0.2, 0) is 0 Å². The normalized spacial score (nSPS) is 12.1. The predicted molar refractivity (Wildman–Crippen MR) is 231 cm³/mol. The van der Waals surface area contributed by atoms with Gasteiger partial charge in [0.15, 0.2) is 5.69 Å². The Morgan fingerprint density at radius 1 is 0.483 bits per heavy atom. The second-order valence-electron chi connectivity index (χ2n) is 14.2. The Morgan fingerprint density at radius 2 is 1.09 bits per heavy atom. The SMILES string of the molecule is [C-]#[N+]c1cc(C#N)cc(-c2ccc3c(c2)c2ccccc2n3-c2cccc3c2C(=O)N(c2c(-c4ccccc4)cc(-c4ccccc4)cc2-c2ccccc2)C3=O)c1. The van der Waals surface area contributed by atoms with Crippen LogP contribution in [-0.4, -0.2) is 16.4 Å². The molecule has 0 bridgehead atoms. The Balaban J connectivity index is 1.19. The molecule has 1 aliphatic heterocycles. The van der Waals surface area contributed by atoms with E-state index in [1.165, 1.54) is 4.90 Å². The number of rotatable bonds is 6. The average molecular weight is 743 g/mol. The minimum Gasteiger partial charge on any atom is -0.308 e. The fraction of sp³-hybridized carbons (Fsp3) is 0. The number of nitrogens with zero attached hydrogens (tertiary/aromatic N) is 4. The molecule has 0 spiro atoms. The number of carbonyl (C=O) groups is 2. The van der Waals surface area contributed by atoms with E-state index in [4.69, 9.17) is 6.57 Å². The third-order valence-electron chi connectivity index (χ3n) is 10.9. The molecule has 2 heterocycles. The van der Waals surface area contributed by atoms with Gasteiger partial charge in [-0.2, -0.15) is 5.26 Å². The molecule has 0 radical (unpaired) electrons. The molecular formula is C52H30N4O2. The Morgan fingerprint density at radius 3 is 1.74 bits per heavy atom. The van der Waals surface area contributed by atoms with E-state index >= 15 is 4.79 Å². The topological polar surface area (TPSA) is 70.5 Å². The lowest BCUT2D eigenvalue weighted by Gasteiger charge is -2.24. The standard InChI is InChI=1S/C52H30N4O2/c1-54-40-27-33(32-53)26-38(28-40)37-24-25-47-45(29-37)41-20-11-12-22-46(41)55(47)48-23-13-21-42-49(48)52(58)56(51(42)57)50-43(35-16-7-3-8-17-35)30-39(34-14-5-2-6-15-34)31-44(50)36-18-9-4-10-19-36/h2-31H. The number of nitriles is 1. The number of fused-ring (bicyclic) bond motifs is 4. The lowest BCUT2D eigenvalue weighted by Crippen LogP contribution is -2.30. The monoisotopic (exact) mass is 742 g/mol. The molecule has 2 amide bonds. The molecule has 0 aliphatic carbocycles. The van der Waals surface area contributed by atoms with E-state index in [1.54, 1.807) is 24.3 Å². The molecule has 10 rings (SSSR count). The maximum atomic E-state index is 15.3. The zero-order valence-corrected chi connectivity index (χ0v) is 30.9. The van der Waals surface area contributed by atoms with Gasteiger partial charge in [0.05, 0.1) is 46.2 Å². The van der Waals surface area contributed by atoms with E-state index in [0.29, 0.717) is 33.8 Å². The molecule has 1 aromatic heterocycles. The second-order valence-corrected chi connectivity index (χ2v) is 14.2. The molecule has 6 nitrogen and oxygen atoms in total. The van der Waals surface area contributed by atoms with Crippen LogP contribution in [0.25, 0.3) is 76.8 Å². The smallest absolute Gasteiger partial charge is 0.268 e. The third-order valence-corrected chi connectivity index (χ3v) is 10.9. The molecule has 0 unspecified atom stereocenters. The number of imide groups is 1. The Bertz CT molecular complexity index is 3130. The number of amides is 2. The van der Waals surface area contributed by atoms with Gasteiger partial charge in [0.25, 0.3) is 11.8 Å². The number of benzene rings is 8. The van der Waals surface area contributed by atoms with Crippen LogP contribution in [0, 0.1) is 17.9 Å². The van der Waals surface area contributed by atoms with Crippen LogP contribution in [0.1, 0.15) is 26.3 Å². The number of hydrogen-bond donors (Lipinski definition) is 0. The third kappa shape index (κ3) is 5.48. The van der Waals surface area contributed by atoms with E-state index in [-0.39, 0.29) is 5.91 Å². The van der Waals surface area contributed by atoms with Crippen molar-refractivity contribution in [3.63, 3.8) is 0 Å². The van der Waals surface area contributed by atoms with Gasteiger partial charge in [-0.25, -0.2) is 9.74 Å². The summed E-state index contributed by atoms with van der Waals surface area (Å²) in [6.45, 7) is 7.59. The summed E-state index contributed by atoms with van der Waals surface area (Å²) in [6, 6.07) is 61.0. The zero-order valence-electron chi connectivity index (χ0n) is 30.9. The first-order valence-electron chi connectivity index (χ1n) is 18.8. The van der Waals surface area contributed by atoms with Gasteiger partial charge in [0.1, 0.15) is 0 Å². The van der Waals surface area contributed by atoms with Crippen molar-refractivity contribution in [2.24, 2.45) is 0 Å². The summed E-state index contributed by atoms with van der Waals surface area (Å²) in [5, 5.41) is 11.6. The molecular weight excluding hydrogens is 713 g/mol. The van der Waals surface area contributed by atoms with Gasteiger partial charge in [-0.1, -0.05) is 121 Å². The van der Waals surface area contributed by atoms with Crippen LogP contribution in [0.15, 0.2) is 182 Å². The van der Waals surface area contributed by atoms with Gasteiger partial charge < -0.3 is 4.57 Å². The van der Waals surface area contributed by atoms with Crippen LogP contribution in [0.2, 0.25) is 0 Å². The van der Waals surface area contributed by atoms with Crippen molar-refractivity contribution in [2.45, 2.75) is 0 Å². The van der Waals surface area contributed by atoms with Crippen LogP contribution in [0.4, 0.5) is 11.4 Å². The van der Waals surface area contributed by atoms with Crippen LogP contribution >= 0.6 is 0 Å². The molecule has 270 valence electrons. The molecule has 0 saturated carbocycles. The van der Waals surface area contributed by atoms with Crippen molar-refractivity contribution >= 4 is 45.0 Å². The van der Waals surface area contributed by atoms with Crippen molar-refractivity contribution < 1.29 is 9.59 Å². The van der Waals surface area contributed by atoms with E-state index < -0.39 is 5.91 Å². The Kier molecular flexibility index (Phi) is 8.11. The predicted octanol–water partition coefficient (Wildman–Crippen LogP) is 12.7. The van der Waals surface area contributed by atoms with Crippen molar-refractivity contribution in [3.05, 3.63) is 210 Å². The van der Waals surface area contributed by atoms with Gasteiger partial charge in [0, 0.05) is 27.5 Å². The lowest BCUT2D eigenvalue weighted by molar-refractivity contribution is 0.0926. The number of carbonyl (C=O) groups excluding carboxylic acids is 2. The van der Waals surface area contributed by atoms with Gasteiger partial charge in [-0.05, 0) is 94.0 Å². The summed E-state index contributed by atoms with van der Waals surface area (Å²) >= 11 is 0. The van der Waals surface area contributed by atoms with E-state index in [1.807, 2.05) is 127 Å². The van der Waals surface area contributed by atoms with Crippen LogP contribution in [0.3, 0.4) is 0 Å². The molecule has 8 aromatic carbocycles. The van der Waals surface area contributed by atoms with Crippen molar-refractivity contribution in [3.8, 4) is 56.3 Å². The van der Waals surface area contributed by atoms with Gasteiger partial charge in [0.2, 0.25) is 0 Å². The minimum absolute atomic E-state index is 0.327. The Hall–Kier alpha value is -8.32. The number of anilines is 1. The summed E-state index contributed by atoms with van der Waals surface area (Å²) < 4.78 is 2.06. The largest absolute Gasteiger partial charge is 0.308 e. The highest BCUT2D eigenvalue weighted by molar-refractivity contribution is 6.37. The fourth-order valence-electron chi connectivity index (χ4n) is 8.32. The van der Waals surface area contributed by atoms with Crippen LogP contribution in [0.5, 0.6) is 0 Å². The van der Waals surface area contributed by atoms with E-state index in [9.17, 15) is 10.1 Å². The quantitative estimate of drug-likeness (QED) is 0.126. The molecule has 0 N–H and O–H groups in total. The van der Waals surface area contributed by atoms with Gasteiger partial charge >= 0.3 is 0 Å². The highest BCUT2D eigenvalue weighted by atomic mass is 16.2. The molecule has 6 heteroatoms. The van der Waals surface area contributed by atoms with Crippen molar-refractivity contribution in [2.75, 3.05) is 4.90 Å². The highest BCUT2D eigenvalue weighted by Gasteiger charge is 2.41. The molecule has 0 atom stereocenters. The van der Waals surface area contributed by atoms with Crippen molar-refractivity contribution in [1.29, 1.82) is 5.26 Å². The summed E-state index contributed by atoms with van der Waals surface area (Å²) in [5.74, 6) is -0.792. The molecule has 0 saturated heterocycles. The summed E-state index contributed by atoms with van der Waals surface area (Å²) in [6.07, 6.45) is 0. The molecule has 58 heavy (non-hydrogen) atoms. The highest BCUT2D eigenvalue weighted by Crippen LogP contribution is 2.47. The zero-order chi connectivity index (χ0) is 39.3. The summed E-state index contributed by atoms with van der Waals surface area (Å²) in [7, 11) is 0. The van der Waals surface area contributed by atoms with Gasteiger partial charge in [-0.3, -0.25) is 9.59 Å². The fourth-order valence-corrected chi connectivity index (χ4v) is 8.32. The molecule has 1 aliphatic rings. The maximum Gasteiger partial charge on any atom is 0.268 e. The van der Waals surface area contributed by atoms with Crippen LogP contribution < -0.4 is 4.90 Å². The first-order valence-corrected chi connectivity index (χ1v) is 18.8. The summed E-state index contributed by atoms with van der Waals surface area (Å²) in [5.41, 5.74) is 11.2. The first kappa shape index (κ1) is 34.2. The maximum absolute atomic E-state index is 15.3. The van der Waals surface area contributed by atoms with Crippen molar-refractivity contribution in [1.82, 2.24) is 4.57 Å². The molecule has 9 aromatic rings. The van der Waals surface area contributed by atoms with E-state index in [2.05, 4.69) is 45.8 Å². The summed E-state index contributed by atoms with van der Waals surface area (Å²) in [4.78, 5) is 35.2. The van der Waals surface area contributed by atoms with Gasteiger partial charge in [-0.15, -0.1) is 0 Å².